The highest BCUT2D eigenvalue weighted by Gasteiger charge is 2.49. The van der Waals surface area contributed by atoms with Gasteiger partial charge in [-0.1, -0.05) is 249 Å². The van der Waals surface area contributed by atoms with Gasteiger partial charge in [-0.3, -0.25) is 0 Å². The first-order valence-corrected chi connectivity index (χ1v) is 41.0. The average Bonchev–Trinajstić information content (AvgIpc) is 1.64. The van der Waals surface area contributed by atoms with E-state index in [-0.39, 0.29) is 13.4 Å². The van der Waals surface area contributed by atoms with Crippen molar-refractivity contribution in [3.05, 3.63) is 382 Å². The molecule has 0 bridgehead atoms. The lowest BCUT2D eigenvalue weighted by Gasteiger charge is -2.46. The highest BCUT2D eigenvalue weighted by atomic mass is 32.1. The third-order valence-electron chi connectivity index (χ3n) is 23.6. The van der Waals surface area contributed by atoms with Gasteiger partial charge < -0.3 is 29.2 Å². The van der Waals surface area contributed by atoms with Crippen LogP contribution in [0.4, 0.5) is 85.3 Å². The predicted octanol–water partition coefficient (Wildman–Crippen LogP) is 25.6. The van der Waals surface area contributed by atoms with Crippen LogP contribution in [0.25, 0.3) is 82.8 Å². The number of rotatable bonds is 11. The SMILES string of the molecule is c1ccc(-c2cccc(-c3ccccc3)c2N(c2ccccc2)c2cc3c4c(c2)N(c2cccc5sc6ccccc6c25)c2ccccc2B4c2cc4c(cc2O3)N(c2cccc3sc5ccccc5c23)c2cc(N(c3ccccc3)c3cccc5sc6ccccc6c35)cc3c2B4c2ccccc2N3c2ccccc2)cc1. The molecule has 7 heterocycles. The first kappa shape index (κ1) is 64.2. The third kappa shape index (κ3) is 9.79. The summed E-state index contributed by atoms with van der Waals surface area (Å²) in [4.78, 5) is 12.8. The smallest absolute Gasteiger partial charge is 0.256 e. The van der Waals surface area contributed by atoms with Crippen molar-refractivity contribution in [3.63, 3.8) is 0 Å². The molecule has 0 atom stereocenters. The van der Waals surface area contributed by atoms with E-state index in [0.717, 1.165) is 130 Å². The van der Waals surface area contributed by atoms with Crippen molar-refractivity contribution in [2.45, 2.75) is 0 Å². The summed E-state index contributed by atoms with van der Waals surface area (Å²) in [5.74, 6) is 1.60. The number of fused-ring (bicyclic) bond motifs is 17. The van der Waals surface area contributed by atoms with E-state index in [2.05, 4.69) is 407 Å². The molecule has 0 N–H and O–H groups in total. The Bertz CT molecular complexity index is 7240. The molecular weight excluding hydrogens is 1430 g/mol. The van der Waals surface area contributed by atoms with E-state index in [1.54, 1.807) is 0 Å². The first-order valence-electron chi connectivity index (χ1n) is 38.6. The second kappa shape index (κ2) is 25.4. The first-order chi connectivity index (χ1) is 56.1. The maximum Gasteiger partial charge on any atom is 0.256 e. The minimum Gasteiger partial charge on any atom is -0.458 e. The molecule has 113 heavy (non-hydrogen) atoms. The lowest BCUT2D eigenvalue weighted by Crippen LogP contribution is -2.64. The maximum absolute atomic E-state index is 8.25. The lowest BCUT2D eigenvalue weighted by atomic mass is 9.30. The molecule has 17 aromatic carbocycles. The molecule has 0 spiro atoms. The lowest BCUT2D eigenvalue weighted by molar-refractivity contribution is 0.488. The van der Waals surface area contributed by atoms with Crippen LogP contribution in [-0.2, 0) is 0 Å². The number of thiophene rings is 3. The van der Waals surface area contributed by atoms with Gasteiger partial charge in [0, 0.05) is 135 Å². The minimum atomic E-state index is -0.286. The molecule has 0 aliphatic carbocycles. The zero-order chi connectivity index (χ0) is 73.9. The van der Waals surface area contributed by atoms with Gasteiger partial charge in [-0.15, -0.1) is 34.0 Å². The van der Waals surface area contributed by atoms with Gasteiger partial charge in [-0.05, 0) is 165 Å². The molecule has 3 aromatic heterocycles. The molecule has 0 amide bonds. The maximum atomic E-state index is 8.25. The van der Waals surface area contributed by atoms with E-state index in [1.807, 2.05) is 34.0 Å². The van der Waals surface area contributed by atoms with Crippen LogP contribution in [0.3, 0.4) is 0 Å². The summed E-state index contributed by atoms with van der Waals surface area (Å²) in [5.41, 5.74) is 27.7. The quantitative estimate of drug-likeness (QED) is 0.120. The Labute approximate surface area is 666 Å². The van der Waals surface area contributed by atoms with Crippen LogP contribution < -0.4 is 62.0 Å². The summed E-state index contributed by atoms with van der Waals surface area (Å²) >= 11 is 5.57. The molecule has 20 aromatic rings. The fourth-order valence-corrected chi connectivity index (χ4v) is 22.4. The van der Waals surface area contributed by atoms with Crippen molar-refractivity contribution in [1.29, 1.82) is 0 Å². The molecule has 11 heteroatoms. The fraction of sp³-hybridized carbons (Fsp3) is 0. The van der Waals surface area contributed by atoms with Crippen LogP contribution in [-0.4, -0.2) is 13.4 Å². The Morgan fingerprint density at radius 3 is 1.23 bits per heavy atom. The molecular formula is C102H63B2N5OS3. The summed E-state index contributed by atoms with van der Waals surface area (Å²) in [6, 6.07) is 142. The van der Waals surface area contributed by atoms with Crippen LogP contribution in [0, 0.1) is 0 Å². The molecule has 4 aliphatic heterocycles. The minimum absolute atomic E-state index is 0.249. The van der Waals surface area contributed by atoms with Crippen molar-refractivity contribution < 1.29 is 4.74 Å². The molecule has 0 fully saturated rings. The third-order valence-corrected chi connectivity index (χ3v) is 27.0. The van der Waals surface area contributed by atoms with Crippen LogP contribution in [0.5, 0.6) is 11.5 Å². The molecule has 6 nitrogen and oxygen atoms in total. The summed E-state index contributed by atoms with van der Waals surface area (Å²) in [6.07, 6.45) is 0. The Hall–Kier alpha value is -13.7. The number of nitrogens with zero attached hydrogens (tertiary/aromatic N) is 5. The Balaban J connectivity index is 0.814. The Kier molecular flexibility index (Phi) is 14.5. The molecule has 4 aliphatic rings. The average molecular weight is 1490 g/mol. The molecule has 526 valence electrons. The number of hydrogen-bond acceptors (Lipinski definition) is 9. The van der Waals surface area contributed by atoms with E-state index in [0.29, 0.717) is 0 Å². The van der Waals surface area contributed by atoms with Gasteiger partial charge in [-0.2, -0.15) is 0 Å². The zero-order valence-corrected chi connectivity index (χ0v) is 63.3. The summed E-state index contributed by atoms with van der Waals surface area (Å²) < 4.78 is 15.7. The summed E-state index contributed by atoms with van der Waals surface area (Å²) in [5, 5.41) is 7.36. The van der Waals surface area contributed by atoms with Gasteiger partial charge in [0.25, 0.3) is 13.4 Å². The second-order valence-corrected chi connectivity index (χ2v) is 32.9. The Morgan fingerprint density at radius 1 is 0.248 bits per heavy atom. The van der Waals surface area contributed by atoms with Gasteiger partial charge in [0.1, 0.15) is 11.5 Å². The number of para-hydroxylation sites is 6. The van der Waals surface area contributed by atoms with Gasteiger partial charge in [0.2, 0.25) is 0 Å². The van der Waals surface area contributed by atoms with E-state index in [9.17, 15) is 0 Å². The fourth-order valence-electron chi connectivity index (χ4n) is 19.0. The number of anilines is 15. The van der Waals surface area contributed by atoms with Crippen LogP contribution in [0.1, 0.15) is 0 Å². The van der Waals surface area contributed by atoms with Gasteiger partial charge in [0.15, 0.2) is 0 Å². The highest BCUT2D eigenvalue weighted by molar-refractivity contribution is 7.26. The number of hydrogen-bond donors (Lipinski definition) is 0. The van der Waals surface area contributed by atoms with Crippen LogP contribution >= 0.6 is 34.0 Å². The number of ether oxygens (including phenoxy) is 1. The van der Waals surface area contributed by atoms with Crippen molar-refractivity contribution in [2.75, 3.05) is 24.5 Å². The summed E-state index contributed by atoms with van der Waals surface area (Å²) in [7, 11) is 0. The van der Waals surface area contributed by atoms with E-state index in [4.69, 9.17) is 4.74 Å². The van der Waals surface area contributed by atoms with E-state index < -0.39 is 0 Å². The van der Waals surface area contributed by atoms with Crippen molar-refractivity contribution >= 4 is 226 Å². The molecule has 0 saturated heterocycles. The molecule has 0 saturated carbocycles. The Morgan fingerprint density at radius 2 is 0.655 bits per heavy atom. The van der Waals surface area contributed by atoms with E-state index in [1.165, 1.54) is 82.4 Å². The topological polar surface area (TPSA) is 25.4 Å². The van der Waals surface area contributed by atoms with E-state index >= 15 is 0 Å². The standard InChI is InChI=1S/C102H63B2N5OS3/c1-6-30-64(31-7-1)71-43-26-44-72(65-32-8-2-9-33-65)102(71)106(67-36-12-4-13-37-67)70-60-88-101-90(61-70)110-89-63-85-78(62-79(89)104(101)77-46-20-22-48-81(77)108(88)83-50-28-56-95-98(83)74-41-17-24-53-92(74)112-95)103-76-45-19-21-47-80(76)107(68-38-14-5-15-39-68)86-58-69(59-87(100(86)103)109(85)84-51-29-57-96-99(84)75-42-18-25-54-93(75)113-96)105(66-34-10-3-11-35-66)82-49-27-55-94-97(82)73-40-16-23-52-91(73)111-94/h1-63H. The molecule has 24 rings (SSSR count). The number of benzene rings is 17. The summed E-state index contributed by atoms with van der Waals surface area (Å²) in [6.45, 7) is -0.535. The normalized spacial score (nSPS) is 12.9. The van der Waals surface area contributed by atoms with Crippen LogP contribution in [0.15, 0.2) is 382 Å². The highest BCUT2D eigenvalue weighted by Crippen LogP contribution is 2.56. The van der Waals surface area contributed by atoms with Gasteiger partial charge >= 0.3 is 0 Å². The van der Waals surface area contributed by atoms with Crippen LogP contribution in [0.2, 0.25) is 0 Å². The van der Waals surface area contributed by atoms with Gasteiger partial charge in [-0.25, -0.2) is 0 Å². The van der Waals surface area contributed by atoms with Crippen molar-refractivity contribution in [3.8, 4) is 33.8 Å². The monoisotopic (exact) mass is 1490 g/mol. The predicted molar refractivity (Wildman–Crippen MR) is 485 cm³/mol. The molecule has 0 unspecified atom stereocenters. The zero-order valence-electron chi connectivity index (χ0n) is 60.9. The second-order valence-electron chi connectivity index (χ2n) is 29.7. The van der Waals surface area contributed by atoms with Gasteiger partial charge in [0.05, 0.1) is 34.1 Å². The largest absolute Gasteiger partial charge is 0.458 e. The van der Waals surface area contributed by atoms with Crippen molar-refractivity contribution in [2.24, 2.45) is 0 Å². The van der Waals surface area contributed by atoms with Crippen molar-refractivity contribution in [1.82, 2.24) is 0 Å². The molecule has 0 radical (unpaired) electrons.